The Hall–Kier alpha value is -1.44. The Morgan fingerprint density at radius 2 is 2.25 bits per heavy atom. The monoisotopic (exact) mass is 309 g/mol. The number of hydrogen-bond acceptors (Lipinski definition) is 5. The molecule has 1 aliphatic rings. The molecule has 106 valence electrons. The summed E-state index contributed by atoms with van der Waals surface area (Å²) in [6.07, 6.45) is 5.59. The van der Waals surface area contributed by atoms with Gasteiger partial charge in [0.05, 0.1) is 5.69 Å². The maximum Gasteiger partial charge on any atom is 0.244 e. The predicted octanol–water partition coefficient (Wildman–Crippen LogP) is 2.08. The summed E-state index contributed by atoms with van der Waals surface area (Å²) in [6.45, 7) is 0. The summed E-state index contributed by atoms with van der Waals surface area (Å²) in [7, 11) is -3.64. The molecule has 7 heteroatoms. The molecule has 2 heterocycles. The first-order valence-corrected chi connectivity index (χ1v) is 8.72. The lowest BCUT2D eigenvalue weighted by Gasteiger charge is -2.23. The number of sulfonamides is 1. The van der Waals surface area contributed by atoms with Gasteiger partial charge in [0.25, 0.3) is 0 Å². The van der Waals surface area contributed by atoms with E-state index in [0.717, 1.165) is 24.8 Å². The molecule has 0 saturated carbocycles. The highest BCUT2D eigenvalue weighted by Gasteiger charge is 2.27. The van der Waals surface area contributed by atoms with Crippen molar-refractivity contribution in [3.05, 3.63) is 40.3 Å². The van der Waals surface area contributed by atoms with Crippen molar-refractivity contribution in [1.82, 2.24) is 9.71 Å². The molecule has 20 heavy (non-hydrogen) atoms. The second kappa shape index (κ2) is 5.16. The third kappa shape index (κ3) is 2.44. The lowest BCUT2D eigenvalue weighted by atomic mass is 9.95. The second-order valence-electron chi connectivity index (χ2n) is 4.78. The van der Waals surface area contributed by atoms with Gasteiger partial charge in [-0.1, -0.05) is 0 Å². The minimum Gasteiger partial charge on any atom is -0.398 e. The van der Waals surface area contributed by atoms with Crippen molar-refractivity contribution in [3.63, 3.8) is 0 Å². The van der Waals surface area contributed by atoms with Gasteiger partial charge < -0.3 is 5.73 Å². The second-order valence-corrected chi connectivity index (χ2v) is 7.46. The molecule has 0 fully saturated rings. The van der Waals surface area contributed by atoms with Gasteiger partial charge in [0.1, 0.15) is 4.90 Å². The van der Waals surface area contributed by atoms with Crippen LogP contribution < -0.4 is 10.5 Å². The van der Waals surface area contributed by atoms with Crippen LogP contribution in [0.4, 0.5) is 5.69 Å². The standard InChI is InChI=1S/C13H15N3O2S2/c14-10-4-6-15-8-13(10)20(17,18)16-11-2-1-3-12-9(11)5-7-19-12/h4-8,11,16H,1-3H2,(H2,14,15). The smallest absolute Gasteiger partial charge is 0.244 e. The minimum atomic E-state index is -3.64. The number of nitrogens with zero attached hydrogens (tertiary/aromatic N) is 1. The van der Waals surface area contributed by atoms with Crippen LogP contribution in [-0.2, 0) is 16.4 Å². The highest BCUT2D eigenvalue weighted by Crippen LogP contribution is 2.34. The Balaban J connectivity index is 1.91. The number of hydrogen-bond donors (Lipinski definition) is 2. The van der Waals surface area contributed by atoms with Gasteiger partial charge in [0.15, 0.2) is 0 Å². The van der Waals surface area contributed by atoms with Crippen molar-refractivity contribution >= 4 is 27.0 Å². The predicted molar refractivity (Wildman–Crippen MR) is 79.0 cm³/mol. The van der Waals surface area contributed by atoms with E-state index in [4.69, 9.17) is 5.73 Å². The number of nitrogens with two attached hydrogens (primary N) is 1. The molecule has 0 aliphatic heterocycles. The zero-order valence-electron chi connectivity index (χ0n) is 10.7. The van der Waals surface area contributed by atoms with E-state index in [0.29, 0.717) is 0 Å². The van der Waals surface area contributed by atoms with Crippen molar-refractivity contribution in [2.24, 2.45) is 0 Å². The van der Waals surface area contributed by atoms with Gasteiger partial charge in [0, 0.05) is 23.3 Å². The number of nitrogens with one attached hydrogen (secondary N) is 1. The average molecular weight is 309 g/mol. The summed E-state index contributed by atoms with van der Waals surface area (Å²) >= 11 is 1.68. The Morgan fingerprint density at radius 1 is 1.40 bits per heavy atom. The first-order valence-electron chi connectivity index (χ1n) is 6.36. The third-order valence-corrected chi connectivity index (χ3v) is 5.97. The molecule has 0 saturated heterocycles. The van der Waals surface area contributed by atoms with Crippen LogP contribution in [0.3, 0.4) is 0 Å². The van der Waals surface area contributed by atoms with Crippen molar-refractivity contribution in [3.8, 4) is 0 Å². The van der Waals surface area contributed by atoms with Crippen LogP contribution in [0.25, 0.3) is 0 Å². The van der Waals surface area contributed by atoms with Crippen molar-refractivity contribution in [2.45, 2.75) is 30.2 Å². The average Bonchev–Trinajstić information content (AvgIpc) is 2.88. The SMILES string of the molecule is Nc1ccncc1S(=O)(=O)NC1CCCc2sccc21. The molecular formula is C13H15N3O2S2. The number of aryl methyl sites for hydroxylation is 1. The Kier molecular flexibility index (Phi) is 3.49. The minimum absolute atomic E-state index is 0.0438. The number of fused-ring (bicyclic) bond motifs is 1. The number of nitrogen functional groups attached to an aromatic ring is 1. The van der Waals surface area contributed by atoms with Crippen LogP contribution >= 0.6 is 11.3 Å². The summed E-state index contributed by atoms with van der Waals surface area (Å²) in [5, 5.41) is 2.01. The van der Waals surface area contributed by atoms with Crippen LogP contribution in [0.1, 0.15) is 29.3 Å². The van der Waals surface area contributed by atoms with Crippen molar-refractivity contribution in [2.75, 3.05) is 5.73 Å². The zero-order valence-corrected chi connectivity index (χ0v) is 12.4. The molecule has 1 unspecified atom stereocenters. The molecule has 2 aromatic rings. The van der Waals surface area contributed by atoms with Gasteiger partial charge in [-0.15, -0.1) is 11.3 Å². The lowest BCUT2D eigenvalue weighted by molar-refractivity contribution is 0.511. The molecule has 0 radical (unpaired) electrons. The van der Waals surface area contributed by atoms with Crippen LogP contribution in [0.5, 0.6) is 0 Å². The molecule has 5 nitrogen and oxygen atoms in total. The van der Waals surface area contributed by atoms with Gasteiger partial charge in [0.2, 0.25) is 10.0 Å². The van der Waals surface area contributed by atoms with E-state index in [2.05, 4.69) is 9.71 Å². The fraction of sp³-hybridized carbons (Fsp3) is 0.308. The van der Waals surface area contributed by atoms with E-state index in [9.17, 15) is 8.42 Å². The fourth-order valence-corrected chi connectivity index (χ4v) is 4.79. The van der Waals surface area contributed by atoms with E-state index in [1.165, 1.54) is 23.3 Å². The Bertz CT molecular complexity index is 725. The first kappa shape index (κ1) is 13.5. The van der Waals surface area contributed by atoms with E-state index in [1.807, 2.05) is 11.4 Å². The van der Waals surface area contributed by atoms with Crippen molar-refractivity contribution < 1.29 is 8.42 Å². The Morgan fingerprint density at radius 3 is 3.05 bits per heavy atom. The van der Waals surface area contributed by atoms with Crippen LogP contribution in [0.15, 0.2) is 34.8 Å². The molecular weight excluding hydrogens is 294 g/mol. The molecule has 1 atom stereocenters. The molecule has 0 aromatic carbocycles. The molecule has 1 aliphatic carbocycles. The first-order chi connectivity index (χ1) is 9.58. The summed E-state index contributed by atoms with van der Waals surface area (Å²) in [5.74, 6) is 0. The number of pyridine rings is 1. The summed E-state index contributed by atoms with van der Waals surface area (Å²) in [5.41, 5.74) is 7.04. The summed E-state index contributed by atoms with van der Waals surface area (Å²) in [4.78, 5) is 5.15. The molecule has 3 rings (SSSR count). The zero-order chi connectivity index (χ0) is 14.2. The maximum absolute atomic E-state index is 12.4. The number of thiophene rings is 1. The Labute approximate surface area is 121 Å². The van der Waals surface area contributed by atoms with Crippen molar-refractivity contribution in [1.29, 1.82) is 0 Å². The largest absolute Gasteiger partial charge is 0.398 e. The topological polar surface area (TPSA) is 85.1 Å². The van der Waals surface area contributed by atoms with Gasteiger partial charge >= 0.3 is 0 Å². The van der Waals surface area contributed by atoms with Crippen LogP contribution in [0, 0.1) is 0 Å². The lowest BCUT2D eigenvalue weighted by Crippen LogP contribution is -2.31. The van der Waals surface area contributed by atoms with E-state index in [1.54, 1.807) is 11.3 Å². The highest BCUT2D eigenvalue weighted by molar-refractivity contribution is 7.89. The summed E-state index contributed by atoms with van der Waals surface area (Å²) < 4.78 is 27.6. The van der Waals surface area contributed by atoms with Gasteiger partial charge in [-0.05, 0) is 42.3 Å². The molecule has 0 amide bonds. The normalized spacial score (nSPS) is 18.7. The highest BCUT2D eigenvalue weighted by atomic mass is 32.2. The van der Waals surface area contributed by atoms with Gasteiger partial charge in [-0.25, -0.2) is 13.1 Å². The summed E-state index contributed by atoms with van der Waals surface area (Å²) in [6, 6.07) is 3.32. The van der Waals surface area contributed by atoms with Gasteiger partial charge in [-0.3, -0.25) is 4.98 Å². The molecule has 0 bridgehead atoms. The maximum atomic E-state index is 12.4. The molecule has 3 N–H and O–H groups in total. The number of rotatable bonds is 3. The quantitative estimate of drug-likeness (QED) is 0.909. The fourth-order valence-electron chi connectivity index (χ4n) is 2.47. The van der Waals surface area contributed by atoms with E-state index < -0.39 is 10.0 Å². The third-order valence-electron chi connectivity index (χ3n) is 3.46. The molecule has 2 aromatic heterocycles. The van der Waals surface area contributed by atoms with E-state index >= 15 is 0 Å². The number of aromatic nitrogens is 1. The van der Waals surface area contributed by atoms with Gasteiger partial charge in [-0.2, -0.15) is 0 Å². The van der Waals surface area contributed by atoms with E-state index in [-0.39, 0.29) is 16.6 Å². The van der Waals surface area contributed by atoms with Crippen LogP contribution in [-0.4, -0.2) is 13.4 Å². The van der Waals surface area contributed by atoms with Crippen LogP contribution in [0.2, 0.25) is 0 Å². The number of anilines is 1. The molecule has 0 spiro atoms.